The van der Waals surface area contributed by atoms with Crippen LogP contribution in [0, 0.1) is 18.8 Å². The molecule has 0 unspecified atom stereocenters. The van der Waals surface area contributed by atoms with Crippen LogP contribution in [0.4, 0.5) is 0 Å². The maximum Gasteiger partial charge on any atom is 0.329 e. The van der Waals surface area contributed by atoms with Crippen molar-refractivity contribution in [2.24, 2.45) is 11.8 Å². The topological polar surface area (TPSA) is 357 Å². The lowest BCUT2D eigenvalue weighted by atomic mass is 10.00. The van der Waals surface area contributed by atoms with E-state index in [1.54, 1.807) is 65.0 Å². The minimum absolute atomic E-state index is 0.0278. The Bertz CT molecular complexity index is 3250. The van der Waals surface area contributed by atoms with Crippen LogP contribution in [0.25, 0.3) is 21.8 Å². The van der Waals surface area contributed by atoms with Crippen LogP contribution in [0.2, 0.25) is 5.02 Å². The number of aryl methyl sites for hydroxylation is 1. The molecule has 7 rings (SSSR count). The summed E-state index contributed by atoms with van der Waals surface area (Å²) in [5, 5.41) is 33.3. The molecular formula is C61H77ClN12O16. The quantitative estimate of drug-likeness (QED) is 0.147. The maximum atomic E-state index is 14.8. The number of piperidine rings is 2. The first-order chi connectivity index (χ1) is 42.6. The maximum absolute atomic E-state index is 14.8. The van der Waals surface area contributed by atoms with Gasteiger partial charge in [0.05, 0.1) is 37.2 Å². The number of fused-ring (bicyclic) bond motifs is 4. The van der Waals surface area contributed by atoms with Gasteiger partial charge in [-0.15, -0.1) is 0 Å². The highest BCUT2D eigenvalue weighted by molar-refractivity contribution is 6.31. The van der Waals surface area contributed by atoms with Crippen LogP contribution in [-0.2, 0) is 57.4 Å². The Morgan fingerprint density at radius 2 is 0.978 bits per heavy atom. The molecule has 0 saturated carbocycles. The third kappa shape index (κ3) is 16.3. The Balaban J connectivity index is 1.18. The van der Waals surface area contributed by atoms with E-state index in [0.29, 0.717) is 42.0 Å². The van der Waals surface area contributed by atoms with Crippen LogP contribution >= 0.6 is 11.6 Å². The van der Waals surface area contributed by atoms with Crippen molar-refractivity contribution in [1.29, 1.82) is 0 Å². The summed E-state index contributed by atoms with van der Waals surface area (Å²) < 4.78 is 11.5. The third-order valence-corrected chi connectivity index (χ3v) is 16.3. The molecule has 0 spiro atoms. The lowest BCUT2D eigenvalue weighted by Crippen LogP contribution is -2.59. The van der Waals surface area contributed by atoms with Gasteiger partial charge in [0.25, 0.3) is 11.8 Å². The molecule has 2 aromatic carbocycles. The number of pyridine rings is 2. The Labute approximate surface area is 524 Å². The van der Waals surface area contributed by atoms with Crippen molar-refractivity contribution in [3.05, 3.63) is 70.5 Å². The van der Waals surface area contributed by atoms with Crippen LogP contribution in [-0.4, -0.2) is 238 Å². The summed E-state index contributed by atoms with van der Waals surface area (Å²) in [6.45, 7) is 3.86. The highest BCUT2D eigenvalue weighted by Crippen LogP contribution is 2.28. The second-order valence-electron chi connectivity index (χ2n) is 23.5. The van der Waals surface area contributed by atoms with Crippen molar-refractivity contribution in [3.63, 3.8) is 0 Å². The normalized spacial score (nSPS) is 22.8. The van der Waals surface area contributed by atoms with Crippen LogP contribution in [0.1, 0.15) is 92.8 Å². The first-order valence-electron chi connectivity index (χ1n) is 29.6. The van der Waals surface area contributed by atoms with Crippen molar-refractivity contribution < 1.29 is 77.2 Å². The number of esters is 2. The van der Waals surface area contributed by atoms with E-state index in [1.165, 1.54) is 51.3 Å². The third-order valence-electron chi connectivity index (χ3n) is 16.1. The largest absolute Gasteiger partial charge is 0.505 e. The fourth-order valence-corrected chi connectivity index (χ4v) is 11.2. The number of nitrogens with zero attached hydrogens (tertiary/aromatic N) is 8. The number of ether oxygens (including phenoxy) is 2. The summed E-state index contributed by atoms with van der Waals surface area (Å²) in [6, 6.07) is 3.62. The van der Waals surface area contributed by atoms with E-state index >= 15 is 0 Å². The molecule has 6 N–H and O–H groups in total. The summed E-state index contributed by atoms with van der Waals surface area (Å²) in [5.41, 5.74) is 0.360. The van der Waals surface area contributed by atoms with E-state index in [1.807, 2.05) is 0 Å². The molecule has 0 bridgehead atoms. The summed E-state index contributed by atoms with van der Waals surface area (Å²) >= 11 is 6.20. The van der Waals surface area contributed by atoms with Gasteiger partial charge in [0.15, 0.2) is 11.4 Å². The van der Waals surface area contributed by atoms with Gasteiger partial charge < -0.3 is 70.4 Å². The van der Waals surface area contributed by atoms with Gasteiger partial charge in [0.2, 0.25) is 47.3 Å². The van der Waals surface area contributed by atoms with Gasteiger partial charge in [-0.05, 0) is 93.2 Å². The molecule has 4 aromatic rings. The van der Waals surface area contributed by atoms with Gasteiger partial charge in [-0.3, -0.25) is 47.9 Å². The van der Waals surface area contributed by atoms with E-state index in [2.05, 4.69) is 31.2 Å². The molecule has 3 saturated heterocycles. The minimum Gasteiger partial charge on any atom is -0.505 e. The fourth-order valence-electron chi connectivity index (χ4n) is 11.1. The number of hydrogen-bond donors (Lipinski definition) is 6. The first kappa shape index (κ1) is 68.3. The van der Waals surface area contributed by atoms with E-state index in [0.717, 1.165) is 30.1 Å². The number of halogens is 1. The number of nitrogens with one attached hydrogen (secondary N) is 4. The molecular weight excluding hydrogens is 1190 g/mol. The number of carbonyl (C=O) groups is 12. The van der Waals surface area contributed by atoms with Gasteiger partial charge in [-0.1, -0.05) is 57.5 Å². The first-order valence-corrected chi connectivity index (χ1v) is 29.9. The zero-order valence-corrected chi connectivity index (χ0v) is 52.5. The van der Waals surface area contributed by atoms with Gasteiger partial charge in [0, 0.05) is 57.1 Å². The van der Waals surface area contributed by atoms with Crippen molar-refractivity contribution in [1.82, 2.24) is 60.6 Å². The van der Waals surface area contributed by atoms with Crippen LogP contribution in [0.3, 0.4) is 0 Å². The molecule has 6 atom stereocenters. The average Bonchev–Trinajstić information content (AvgIpc) is 1.00. The molecule has 3 aliphatic rings. The molecule has 2 aromatic heterocycles. The molecule has 10 amide bonds. The zero-order valence-electron chi connectivity index (χ0n) is 51.7. The van der Waals surface area contributed by atoms with Crippen LogP contribution in [0.5, 0.6) is 11.5 Å². The summed E-state index contributed by atoms with van der Waals surface area (Å²) in [5.74, 6) is -13.0. The smallest absolute Gasteiger partial charge is 0.329 e. The summed E-state index contributed by atoms with van der Waals surface area (Å²) in [6.07, 6.45) is 1.87. The zero-order chi connectivity index (χ0) is 66.0. The van der Waals surface area contributed by atoms with E-state index in [-0.39, 0.29) is 36.5 Å². The second kappa shape index (κ2) is 29.9. The number of rotatable bonds is 6. The molecule has 484 valence electrons. The lowest BCUT2D eigenvalue weighted by Gasteiger charge is -2.37. The van der Waals surface area contributed by atoms with Gasteiger partial charge in [0.1, 0.15) is 61.0 Å². The van der Waals surface area contributed by atoms with Crippen molar-refractivity contribution in [2.45, 2.75) is 109 Å². The van der Waals surface area contributed by atoms with Crippen molar-refractivity contribution in [3.8, 4) is 11.5 Å². The Hall–Kier alpha value is -9.21. The number of amides is 10. The molecule has 3 aliphatic heterocycles. The number of hydrogen-bond acceptors (Lipinski definition) is 18. The minimum atomic E-state index is -1.75. The molecule has 3 fully saturated rings. The SMILES string of the molecule is Cc1ccc2cc(O)c(C(=O)N[C@@H]3COC(=O)[C@H](C(C)C)N(C)C(=O)CN(C)C(=O)CNC(=O)[C@@H]4CCCCN4C(=O)[C@H](NC(=O)c4nc5cc(Cl)ccc5cc4O)COC(=O)[C@H](C(C)C)N(C)C(=O)CN(C)C(=O)CNC(=O)[C@@H]4CCCCN4C3=O)nc2c1. The van der Waals surface area contributed by atoms with Crippen molar-refractivity contribution >= 4 is 104 Å². The van der Waals surface area contributed by atoms with Gasteiger partial charge in [-0.2, -0.15) is 0 Å². The van der Waals surface area contributed by atoms with Gasteiger partial charge in [-0.25, -0.2) is 19.6 Å². The number of cyclic esters (lactones) is 2. The molecule has 0 radical (unpaired) electrons. The second-order valence-corrected chi connectivity index (χ2v) is 23.9. The van der Waals surface area contributed by atoms with E-state index in [4.69, 9.17) is 21.1 Å². The molecule has 0 aliphatic carbocycles. The Kier molecular flexibility index (Phi) is 22.7. The Morgan fingerprint density at radius 1 is 0.578 bits per heavy atom. The summed E-state index contributed by atoms with van der Waals surface area (Å²) in [4.78, 5) is 185. The highest BCUT2D eigenvalue weighted by Gasteiger charge is 2.42. The highest BCUT2D eigenvalue weighted by atomic mass is 35.5. The number of carbonyl (C=O) groups excluding carboxylic acids is 12. The molecule has 29 heteroatoms. The van der Waals surface area contributed by atoms with Crippen LogP contribution in [0.15, 0.2) is 48.5 Å². The number of benzene rings is 2. The Morgan fingerprint density at radius 3 is 1.39 bits per heavy atom. The fraction of sp³-hybridized carbons (Fsp3) is 0.508. The molecule has 90 heavy (non-hydrogen) atoms. The average molecular weight is 1270 g/mol. The predicted octanol–water partition coefficient (Wildman–Crippen LogP) is 1.03. The molecule has 5 heterocycles. The predicted molar refractivity (Wildman–Crippen MR) is 324 cm³/mol. The van der Waals surface area contributed by atoms with E-state index in [9.17, 15) is 67.7 Å². The number of likely N-dealkylation sites (N-methyl/N-ethyl adjacent to an activating group) is 4. The number of aromatic nitrogens is 2. The summed E-state index contributed by atoms with van der Waals surface area (Å²) in [7, 11) is 5.14. The van der Waals surface area contributed by atoms with E-state index < -0.39 is 181 Å². The monoisotopic (exact) mass is 1270 g/mol. The van der Waals surface area contributed by atoms with Crippen molar-refractivity contribution in [2.75, 3.05) is 80.7 Å². The lowest BCUT2D eigenvalue weighted by molar-refractivity contribution is -0.159. The molecule has 28 nitrogen and oxygen atoms in total. The number of aromatic hydroxyl groups is 2. The van der Waals surface area contributed by atoms with Gasteiger partial charge >= 0.3 is 11.9 Å². The standard InChI is InChI=1S/C61H77ClN12O16/c1-32(2)52-60(87)89-30-40(67-56(83)50-44(75)23-35-17-16-34(5)22-38(35)65-50)58(85)73-20-12-10-14-42(73)54(81)63-26-46(77)70(7)29-49(80)72(9)53(33(3)4)61(88)90-31-41(68-57(84)51-45(76)24-36-18-19-37(62)25-39(36)66-51)59(86)74-21-13-11-15-43(74)55(82)64-27-47(78)69(6)28-48(79)71(52)8/h16-19,22-25,32-33,40-43,52-53,75-76H,10-15,20-21,26-31H2,1-9H3,(H,63,81)(H,64,82)(H,67,83)(H,68,84)/t40-,41-,42+,43+,52+,53+/m1/s1. The van der Waals surface area contributed by atoms with Crippen LogP contribution < -0.4 is 21.3 Å².